The van der Waals surface area contributed by atoms with Crippen LogP contribution < -0.4 is 4.90 Å². The quantitative estimate of drug-likeness (QED) is 0.479. The summed E-state index contributed by atoms with van der Waals surface area (Å²) >= 11 is 0. The molecule has 0 aliphatic carbocycles. The second-order valence-electron chi connectivity index (χ2n) is 5.64. The molecule has 5 nitrogen and oxygen atoms in total. The fraction of sp³-hybridized carbons (Fsp3) is 0.278. The Morgan fingerprint density at radius 1 is 1.04 bits per heavy atom. The van der Waals surface area contributed by atoms with E-state index in [0.29, 0.717) is 0 Å². The first-order chi connectivity index (χ1) is 11.2. The highest BCUT2D eigenvalue weighted by Crippen LogP contribution is 2.27. The minimum absolute atomic E-state index is 0.0975. The Hall–Kier alpha value is -2.69. The van der Waals surface area contributed by atoms with Crippen molar-refractivity contribution in [2.75, 3.05) is 18.0 Å². The van der Waals surface area contributed by atoms with Gasteiger partial charge in [0.15, 0.2) is 0 Å². The highest BCUT2D eigenvalue weighted by Gasteiger charge is 2.16. The Morgan fingerprint density at radius 3 is 2.48 bits per heavy atom. The van der Waals surface area contributed by atoms with Crippen molar-refractivity contribution in [1.29, 1.82) is 0 Å². The number of piperidine rings is 1. The predicted octanol–water partition coefficient (Wildman–Crippen LogP) is 4.34. The summed E-state index contributed by atoms with van der Waals surface area (Å²) in [5.41, 5.74) is 2.75. The lowest BCUT2D eigenvalue weighted by Crippen LogP contribution is -2.30. The largest absolute Gasteiger partial charge is 0.371 e. The van der Waals surface area contributed by atoms with Gasteiger partial charge >= 0.3 is 0 Å². The molecule has 0 amide bonds. The number of rotatable bonds is 4. The second kappa shape index (κ2) is 7.05. The molecular weight excluding hydrogens is 290 g/mol. The molecule has 0 radical (unpaired) electrons. The van der Waals surface area contributed by atoms with Gasteiger partial charge in [0.25, 0.3) is 5.69 Å². The number of nitro groups is 1. The van der Waals surface area contributed by atoms with Crippen molar-refractivity contribution in [2.45, 2.75) is 19.3 Å². The van der Waals surface area contributed by atoms with Gasteiger partial charge in [-0.05, 0) is 37.5 Å². The number of anilines is 1. The maximum atomic E-state index is 11.1. The van der Waals surface area contributed by atoms with E-state index in [-0.39, 0.29) is 10.6 Å². The maximum absolute atomic E-state index is 11.1. The van der Waals surface area contributed by atoms with Crippen LogP contribution in [-0.4, -0.2) is 24.2 Å². The van der Waals surface area contributed by atoms with Gasteiger partial charge in [0, 0.05) is 42.7 Å². The number of nitro benzene ring substituents is 1. The van der Waals surface area contributed by atoms with Gasteiger partial charge < -0.3 is 4.90 Å². The van der Waals surface area contributed by atoms with E-state index >= 15 is 0 Å². The van der Waals surface area contributed by atoms with E-state index in [0.717, 1.165) is 42.9 Å². The van der Waals surface area contributed by atoms with E-state index in [4.69, 9.17) is 0 Å². The SMILES string of the molecule is O=[N+]([O-])c1ccc(N2CCCCC2)c(C=Nc2ccccc2)c1. The highest BCUT2D eigenvalue weighted by atomic mass is 16.6. The zero-order chi connectivity index (χ0) is 16.1. The first-order valence-electron chi connectivity index (χ1n) is 7.86. The maximum Gasteiger partial charge on any atom is 0.270 e. The van der Waals surface area contributed by atoms with Crippen LogP contribution in [0, 0.1) is 10.1 Å². The van der Waals surface area contributed by atoms with Gasteiger partial charge in [-0.15, -0.1) is 0 Å². The van der Waals surface area contributed by atoms with Crippen LogP contribution in [0.5, 0.6) is 0 Å². The van der Waals surface area contributed by atoms with Crippen LogP contribution in [0.1, 0.15) is 24.8 Å². The summed E-state index contributed by atoms with van der Waals surface area (Å²) in [6, 6.07) is 14.6. The van der Waals surface area contributed by atoms with E-state index < -0.39 is 0 Å². The fourth-order valence-electron chi connectivity index (χ4n) is 2.84. The Morgan fingerprint density at radius 2 is 1.78 bits per heavy atom. The van der Waals surface area contributed by atoms with E-state index in [1.54, 1.807) is 18.3 Å². The molecule has 0 aromatic heterocycles. The molecule has 0 bridgehead atoms. The molecule has 0 atom stereocenters. The molecule has 0 N–H and O–H groups in total. The number of nitrogens with zero attached hydrogens (tertiary/aromatic N) is 3. The van der Waals surface area contributed by atoms with E-state index in [2.05, 4.69) is 9.89 Å². The number of hydrogen-bond acceptors (Lipinski definition) is 4. The van der Waals surface area contributed by atoms with Crippen LogP contribution in [0.25, 0.3) is 0 Å². The summed E-state index contributed by atoms with van der Waals surface area (Å²) in [5, 5.41) is 11.1. The monoisotopic (exact) mass is 309 g/mol. The highest BCUT2D eigenvalue weighted by molar-refractivity contribution is 5.90. The number of para-hydroxylation sites is 1. The van der Waals surface area contributed by atoms with Crippen molar-refractivity contribution in [3.63, 3.8) is 0 Å². The van der Waals surface area contributed by atoms with Crippen LogP contribution in [0.3, 0.4) is 0 Å². The third kappa shape index (κ3) is 3.74. The van der Waals surface area contributed by atoms with Crippen LogP contribution >= 0.6 is 0 Å². The molecule has 1 heterocycles. The molecule has 1 fully saturated rings. The van der Waals surface area contributed by atoms with Crippen molar-refractivity contribution >= 4 is 23.3 Å². The minimum Gasteiger partial charge on any atom is -0.371 e. The molecule has 3 rings (SSSR count). The molecule has 23 heavy (non-hydrogen) atoms. The van der Waals surface area contributed by atoms with Gasteiger partial charge in [-0.3, -0.25) is 15.1 Å². The van der Waals surface area contributed by atoms with Crippen molar-refractivity contribution in [2.24, 2.45) is 4.99 Å². The Balaban J connectivity index is 1.95. The molecule has 2 aromatic carbocycles. The zero-order valence-electron chi connectivity index (χ0n) is 12.9. The zero-order valence-corrected chi connectivity index (χ0v) is 12.9. The second-order valence-corrected chi connectivity index (χ2v) is 5.64. The summed E-state index contributed by atoms with van der Waals surface area (Å²) < 4.78 is 0. The third-order valence-corrected chi connectivity index (χ3v) is 4.03. The molecule has 1 saturated heterocycles. The summed E-state index contributed by atoms with van der Waals surface area (Å²) in [6.45, 7) is 1.98. The van der Waals surface area contributed by atoms with Gasteiger partial charge in [-0.25, -0.2) is 0 Å². The average molecular weight is 309 g/mol. The summed E-state index contributed by atoms with van der Waals surface area (Å²) in [4.78, 5) is 17.5. The molecule has 0 saturated carbocycles. The van der Waals surface area contributed by atoms with E-state index in [1.807, 2.05) is 36.4 Å². The van der Waals surface area contributed by atoms with Crippen molar-refractivity contribution in [3.05, 3.63) is 64.2 Å². The van der Waals surface area contributed by atoms with Gasteiger partial charge in [0.1, 0.15) is 0 Å². The van der Waals surface area contributed by atoms with Gasteiger partial charge in [0.05, 0.1) is 10.6 Å². The Kier molecular flexibility index (Phi) is 4.66. The average Bonchev–Trinajstić information content (AvgIpc) is 2.61. The number of hydrogen-bond donors (Lipinski definition) is 0. The predicted molar refractivity (Wildman–Crippen MR) is 92.9 cm³/mol. The first-order valence-corrected chi connectivity index (χ1v) is 7.86. The lowest BCUT2D eigenvalue weighted by atomic mass is 10.1. The lowest BCUT2D eigenvalue weighted by Gasteiger charge is -2.29. The number of aliphatic imine (C=N–C) groups is 1. The van der Waals surface area contributed by atoms with Gasteiger partial charge in [-0.1, -0.05) is 18.2 Å². The van der Waals surface area contributed by atoms with Crippen molar-refractivity contribution in [1.82, 2.24) is 0 Å². The topological polar surface area (TPSA) is 58.7 Å². The molecule has 0 spiro atoms. The fourth-order valence-corrected chi connectivity index (χ4v) is 2.84. The van der Waals surface area contributed by atoms with Gasteiger partial charge in [-0.2, -0.15) is 0 Å². The molecule has 118 valence electrons. The first kappa shape index (κ1) is 15.2. The third-order valence-electron chi connectivity index (χ3n) is 4.03. The normalized spacial score (nSPS) is 15.0. The summed E-state index contributed by atoms with van der Waals surface area (Å²) in [5.74, 6) is 0. The van der Waals surface area contributed by atoms with Crippen LogP contribution in [0.4, 0.5) is 17.1 Å². The lowest BCUT2D eigenvalue weighted by molar-refractivity contribution is -0.384. The molecule has 1 aliphatic heterocycles. The molecule has 2 aromatic rings. The molecular formula is C18H19N3O2. The Labute approximate surface area is 135 Å². The summed E-state index contributed by atoms with van der Waals surface area (Å²) in [7, 11) is 0. The van der Waals surface area contributed by atoms with E-state index in [1.165, 1.54) is 6.42 Å². The smallest absolute Gasteiger partial charge is 0.270 e. The summed E-state index contributed by atoms with van der Waals surface area (Å²) in [6.07, 6.45) is 5.29. The molecule has 1 aliphatic rings. The van der Waals surface area contributed by atoms with Crippen LogP contribution in [0.2, 0.25) is 0 Å². The Bertz CT molecular complexity index is 707. The minimum atomic E-state index is -0.361. The van der Waals surface area contributed by atoms with Gasteiger partial charge in [0.2, 0.25) is 0 Å². The number of benzene rings is 2. The van der Waals surface area contributed by atoms with Crippen molar-refractivity contribution in [3.8, 4) is 0 Å². The molecule has 0 unspecified atom stereocenters. The van der Waals surface area contributed by atoms with Crippen LogP contribution in [0.15, 0.2) is 53.5 Å². The van der Waals surface area contributed by atoms with Crippen molar-refractivity contribution < 1.29 is 4.92 Å². The van der Waals surface area contributed by atoms with E-state index in [9.17, 15) is 10.1 Å². The standard InChI is InChI=1S/C18H19N3O2/c22-21(23)17-9-10-18(20-11-5-2-6-12-20)15(13-17)14-19-16-7-3-1-4-8-16/h1,3-4,7-10,13-14H,2,5-6,11-12H2. The number of non-ortho nitro benzene ring substituents is 1. The van der Waals surface area contributed by atoms with Crippen LogP contribution in [-0.2, 0) is 0 Å². The molecule has 5 heteroatoms.